The van der Waals surface area contributed by atoms with Crippen LogP contribution in [-0.2, 0) is 0 Å². The average molecular weight is 284 g/mol. The molecule has 0 radical (unpaired) electrons. The number of carbonyl (C=O) groups excluding carboxylic acids is 1. The first-order valence-electron chi connectivity index (χ1n) is 6.29. The molecule has 0 N–H and O–H groups in total. The summed E-state index contributed by atoms with van der Waals surface area (Å²) in [5, 5.41) is 0.835. The molecule has 1 aromatic heterocycles. The molecule has 0 aliphatic heterocycles. The Balaban J connectivity index is 1.84. The molecule has 0 unspecified atom stereocenters. The van der Waals surface area contributed by atoms with Gasteiger partial charge >= 0.3 is 0 Å². The SMILES string of the molecule is O=C(/C=C/c1ccc(F)c(F)c1)c1cc2ccccc2o1. The number of para-hydroxylation sites is 1. The van der Waals surface area contributed by atoms with E-state index in [0.717, 1.165) is 17.5 Å². The smallest absolute Gasteiger partial charge is 0.221 e. The van der Waals surface area contributed by atoms with Crippen molar-refractivity contribution in [1.29, 1.82) is 0 Å². The van der Waals surface area contributed by atoms with Crippen LogP contribution in [0.3, 0.4) is 0 Å². The Hall–Kier alpha value is -2.75. The standard InChI is InChI=1S/C17H10F2O2/c18-13-7-5-11(9-14(13)19)6-8-15(20)17-10-12-3-1-2-4-16(12)21-17/h1-10H/b8-6+. The molecule has 4 heteroatoms. The summed E-state index contributed by atoms with van der Waals surface area (Å²) in [6.07, 6.45) is 2.68. The Morgan fingerprint density at radius 2 is 1.81 bits per heavy atom. The first-order valence-corrected chi connectivity index (χ1v) is 6.29. The van der Waals surface area contributed by atoms with Crippen molar-refractivity contribution < 1.29 is 18.0 Å². The lowest BCUT2D eigenvalue weighted by Gasteiger charge is -1.95. The summed E-state index contributed by atoms with van der Waals surface area (Å²) in [6, 6.07) is 12.4. The zero-order valence-electron chi connectivity index (χ0n) is 10.8. The second-order valence-electron chi connectivity index (χ2n) is 4.52. The lowest BCUT2D eigenvalue weighted by atomic mass is 10.1. The van der Waals surface area contributed by atoms with E-state index in [2.05, 4.69) is 0 Å². The van der Waals surface area contributed by atoms with E-state index in [-0.39, 0.29) is 11.5 Å². The van der Waals surface area contributed by atoms with E-state index in [0.29, 0.717) is 11.1 Å². The highest BCUT2D eigenvalue weighted by atomic mass is 19.2. The van der Waals surface area contributed by atoms with Gasteiger partial charge in [-0.25, -0.2) is 8.78 Å². The van der Waals surface area contributed by atoms with E-state index in [1.54, 1.807) is 12.1 Å². The summed E-state index contributed by atoms with van der Waals surface area (Å²) in [5.74, 6) is -2.00. The molecule has 2 aromatic carbocycles. The van der Waals surface area contributed by atoms with Crippen molar-refractivity contribution >= 4 is 22.8 Å². The normalized spacial score (nSPS) is 11.3. The highest BCUT2D eigenvalue weighted by molar-refractivity contribution is 6.06. The molecule has 0 saturated heterocycles. The van der Waals surface area contributed by atoms with Crippen molar-refractivity contribution in [2.45, 2.75) is 0 Å². The van der Waals surface area contributed by atoms with Gasteiger partial charge in [0, 0.05) is 5.39 Å². The van der Waals surface area contributed by atoms with Crippen LogP contribution in [0.15, 0.2) is 59.0 Å². The Kier molecular flexibility index (Phi) is 3.36. The van der Waals surface area contributed by atoms with Crippen molar-refractivity contribution in [2.75, 3.05) is 0 Å². The van der Waals surface area contributed by atoms with E-state index in [1.807, 2.05) is 18.2 Å². The maximum absolute atomic E-state index is 13.1. The fourth-order valence-electron chi connectivity index (χ4n) is 1.97. The van der Waals surface area contributed by atoms with Crippen LogP contribution in [0.4, 0.5) is 8.78 Å². The number of hydrogen-bond acceptors (Lipinski definition) is 2. The number of halogens is 2. The molecule has 0 saturated carbocycles. The van der Waals surface area contributed by atoms with Gasteiger partial charge in [0.15, 0.2) is 17.4 Å². The van der Waals surface area contributed by atoms with E-state index >= 15 is 0 Å². The molecule has 1 heterocycles. The summed E-state index contributed by atoms with van der Waals surface area (Å²) >= 11 is 0. The fraction of sp³-hybridized carbons (Fsp3) is 0. The van der Waals surface area contributed by atoms with Crippen molar-refractivity contribution in [3.05, 3.63) is 77.6 Å². The molecule has 3 rings (SSSR count). The highest BCUT2D eigenvalue weighted by Gasteiger charge is 2.09. The van der Waals surface area contributed by atoms with Crippen LogP contribution in [0.2, 0.25) is 0 Å². The number of ketones is 1. The predicted molar refractivity (Wildman–Crippen MR) is 75.9 cm³/mol. The Morgan fingerprint density at radius 1 is 1.00 bits per heavy atom. The van der Waals surface area contributed by atoms with Crippen molar-refractivity contribution in [3.8, 4) is 0 Å². The van der Waals surface area contributed by atoms with Crippen LogP contribution in [0.1, 0.15) is 16.1 Å². The summed E-state index contributed by atoms with van der Waals surface area (Å²) in [4.78, 5) is 12.0. The van der Waals surface area contributed by atoms with Crippen LogP contribution in [0.5, 0.6) is 0 Å². The molecule has 0 aliphatic carbocycles. The van der Waals surface area contributed by atoms with Crippen LogP contribution in [0.25, 0.3) is 17.0 Å². The van der Waals surface area contributed by atoms with Crippen molar-refractivity contribution in [1.82, 2.24) is 0 Å². The monoisotopic (exact) mass is 284 g/mol. The number of hydrogen-bond donors (Lipinski definition) is 0. The lowest BCUT2D eigenvalue weighted by molar-refractivity contribution is 0.102. The Bertz CT molecular complexity index is 814. The van der Waals surface area contributed by atoms with E-state index in [9.17, 15) is 13.6 Å². The summed E-state index contributed by atoms with van der Waals surface area (Å²) in [7, 11) is 0. The number of benzene rings is 2. The average Bonchev–Trinajstić information content (AvgIpc) is 2.92. The van der Waals surface area contributed by atoms with E-state index in [4.69, 9.17) is 4.42 Å². The van der Waals surface area contributed by atoms with Gasteiger partial charge in [0.1, 0.15) is 5.58 Å². The minimum Gasteiger partial charge on any atom is -0.453 e. The molecule has 3 aromatic rings. The van der Waals surface area contributed by atoms with Gasteiger partial charge in [-0.05, 0) is 35.9 Å². The molecule has 21 heavy (non-hydrogen) atoms. The quantitative estimate of drug-likeness (QED) is 0.519. The predicted octanol–water partition coefficient (Wildman–Crippen LogP) is 4.61. The molecule has 0 atom stereocenters. The van der Waals surface area contributed by atoms with Gasteiger partial charge in [0.25, 0.3) is 0 Å². The van der Waals surface area contributed by atoms with Gasteiger partial charge in [-0.1, -0.05) is 30.3 Å². The zero-order valence-corrected chi connectivity index (χ0v) is 10.8. The fourth-order valence-corrected chi connectivity index (χ4v) is 1.97. The summed E-state index contributed by atoms with van der Waals surface area (Å²) < 4.78 is 31.3. The van der Waals surface area contributed by atoms with Gasteiger partial charge in [-0.2, -0.15) is 0 Å². The van der Waals surface area contributed by atoms with Gasteiger partial charge in [0.2, 0.25) is 5.78 Å². The van der Waals surface area contributed by atoms with Crippen molar-refractivity contribution in [3.63, 3.8) is 0 Å². The molecule has 0 amide bonds. The zero-order chi connectivity index (χ0) is 14.8. The lowest BCUT2D eigenvalue weighted by Crippen LogP contribution is -1.91. The molecule has 0 fully saturated rings. The van der Waals surface area contributed by atoms with Gasteiger partial charge < -0.3 is 4.42 Å². The number of furan rings is 1. The summed E-state index contributed by atoms with van der Waals surface area (Å²) in [6.45, 7) is 0. The molecule has 0 spiro atoms. The number of fused-ring (bicyclic) bond motifs is 1. The maximum Gasteiger partial charge on any atom is 0.221 e. The molecule has 0 aliphatic rings. The van der Waals surface area contributed by atoms with Gasteiger partial charge in [-0.15, -0.1) is 0 Å². The maximum atomic E-state index is 13.1. The van der Waals surface area contributed by atoms with Crippen LogP contribution in [-0.4, -0.2) is 5.78 Å². The second-order valence-corrected chi connectivity index (χ2v) is 4.52. The Morgan fingerprint density at radius 3 is 2.57 bits per heavy atom. The number of allylic oxidation sites excluding steroid dienone is 1. The summed E-state index contributed by atoms with van der Waals surface area (Å²) in [5.41, 5.74) is 1.03. The topological polar surface area (TPSA) is 30.2 Å². The largest absolute Gasteiger partial charge is 0.453 e. The van der Waals surface area contributed by atoms with Crippen molar-refractivity contribution in [2.24, 2.45) is 0 Å². The molecular formula is C17H10F2O2. The third-order valence-electron chi connectivity index (χ3n) is 3.04. The van der Waals surface area contributed by atoms with E-state index < -0.39 is 11.6 Å². The molecule has 0 bridgehead atoms. The highest BCUT2D eigenvalue weighted by Crippen LogP contribution is 2.19. The minimum absolute atomic E-state index is 0.204. The number of rotatable bonds is 3. The second kappa shape index (κ2) is 5.32. The molecular weight excluding hydrogens is 274 g/mol. The first-order chi connectivity index (χ1) is 10.1. The van der Waals surface area contributed by atoms with Crippen LogP contribution in [0, 0.1) is 11.6 Å². The number of carbonyl (C=O) groups is 1. The van der Waals surface area contributed by atoms with Gasteiger partial charge in [-0.3, -0.25) is 4.79 Å². The first kappa shape index (κ1) is 13.2. The molecule has 2 nitrogen and oxygen atoms in total. The molecule has 104 valence electrons. The minimum atomic E-state index is -0.951. The van der Waals surface area contributed by atoms with Crippen LogP contribution < -0.4 is 0 Å². The van der Waals surface area contributed by atoms with Crippen LogP contribution >= 0.6 is 0 Å². The third-order valence-corrected chi connectivity index (χ3v) is 3.04. The Labute approximate surface area is 119 Å². The van der Waals surface area contributed by atoms with Gasteiger partial charge in [0.05, 0.1) is 0 Å². The third kappa shape index (κ3) is 2.74. The van der Waals surface area contributed by atoms with E-state index in [1.165, 1.54) is 18.2 Å².